The number of anilines is 1. The highest BCUT2D eigenvalue weighted by molar-refractivity contribution is 7.99. The first-order chi connectivity index (χ1) is 16.1. The van der Waals surface area contributed by atoms with Gasteiger partial charge in [0.05, 0.1) is 5.75 Å². The number of hydrogen-bond acceptors (Lipinski definition) is 5. The first-order valence-corrected chi connectivity index (χ1v) is 11.5. The normalized spacial score (nSPS) is 10.6. The van der Waals surface area contributed by atoms with Gasteiger partial charge in [-0.15, -0.1) is 16.8 Å². The van der Waals surface area contributed by atoms with Crippen LogP contribution in [0.5, 0.6) is 11.5 Å². The highest BCUT2D eigenvalue weighted by atomic mass is 32.2. The maximum Gasteiger partial charge on any atom is 0.234 e. The third-order valence-electron chi connectivity index (χ3n) is 4.75. The fourth-order valence-corrected chi connectivity index (χ4v) is 3.99. The number of rotatable bonds is 9. The minimum Gasteiger partial charge on any atom is -0.457 e. The molecule has 4 rings (SSSR count). The van der Waals surface area contributed by atoms with Crippen LogP contribution in [0.1, 0.15) is 5.56 Å². The molecule has 0 radical (unpaired) electrons. The third kappa shape index (κ3) is 5.90. The van der Waals surface area contributed by atoms with Crippen LogP contribution in [0.2, 0.25) is 0 Å². The van der Waals surface area contributed by atoms with Gasteiger partial charge < -0.3 is 10.1 Å². The monoisotopic (exact) mass is 456 g/mol. The fraction of sp³-hybridized carbons (Fsp3) is 0.115. The lowest BCUT2D eigenvalue weighted by Gasteiger charge is -2.09. The van der Waals surface area contributed by atoms with Crippen LogP contribution in [0.15, 0.2) is 96.7 Å². The van der Waals surface area contributed by atoms with Gasteiger partial charge in [-0.05, 0) is 49.4 Å². The van der Waals surface area contributed by atoms with Crippen LogP contribution in [0.4, 0.5) is 5.69 Å². The molecule has 0 bridgehead atoms. The molecule has 0 saturated carbocycles. The van der Waals surface area contributed by atoms with Crippen LogP contribution in [0, 0.1) is 6.92 Å². The number of nitrogens with one attached hydrogen (secondary N) is 1. The van der Waals surface area contributed by atoms with Gasteiger partial charge >= 0.3 is 0 Å². The van der Waals surface area contributed by atoms with Crippen LogP contribution in [0.3, 0.4) is 0 Å². The second kappa shape index (κ2) is 10.7. The fourth-order valence-electron chi connectivity index (χ4n) is 3.24. The van der Waals surface area contributed by atoms with Crippen LogP contribution < -0.4 is 10.1 Å². The topological polar surface area (TPSA) is 69.0 Å². The van der Waals surface area contributed by atoms with E-state index in [4.69, 9.17) is 4.74 Å². The van der Waals surface area contributed by atoms with Crippen molar-refractivity contribution >= 4 is 23.4 Å². The zero-order valence-electron chi connectivity index (χ0n) is 18.3. The lowest BCUT2D eigenvalue weighted by molar-refractivity contribution is -0.113. The van der Waals surface area contributed by atoms with Gasteiger partial charge in [-0.2, -0.15) is 0 Å². The molecule has 0 spiro atoms. The van der Waals surface area contributed by atoms with E-state index >= 15 is 0 Å². The summed E-state index contributed by atoms with van der Waals surface area (Å²) in [5, 5.41) is 12.2. The quantitative estimate of drug-likeness (QED) is 0.248. The largest absolute Gasteiger partial charge is 0.457 e. The molecule has 166 valence electrons. The molecule has 3 aromatic carbocycles. The number of ether oxygens (including phenoxy) is 1. The standard InChI is InChI=1S/C26H24N4O2S/c1-3-16-30-25(20-9-7-8-19(2)17-20)28-29-26(30)33-18-24(31)27-21-12-14-23(15-13-21)32-22-10-5-4-6-11-22/h3-15,17H,1,16,18H2,2H3,(H,27,31). The molecule has 33 heavy (non-hydrogen) atoms. The molecule has 7 heteroatoms. The van der Waals surface area contributed by atoms with Gasteiger partial charge in [-0.3, -0.25) is 9.36 Å². The number of aromatic nitrogens is 3. The van der Waals surface area contributed by atoms with E-state index < -0.39 is 0 Å². The number of allylic oxidation sites excluding steroid dienone is 1. The van der Waals surface area contributed by atoms with Crippen LogP contribution in [-0.2, 0) is 11.3 Å². The molecule has 1 amide bonds. The molecule has 0 aliphatic carbocycles. The smallest absolute Gasteiger partial charge is 0.234 e. The van der Waals surface area contributed by atoms with Crippen molar-refractivity contribution in [1.29, 1.82) is 0 Å². The first-order valence-electron chi connectivity index (χ1n) is 10.5. The number of carbonyl (C=O) groups is 1. The summed E-state index contributed by atoms with van der Waals surface area (Å²) in [5.41, 5.74) is 2.84. The van der Waals surface area contributed by atoms with E-state index in [1.807, 2.05) is 84.3 Å². The summed E-state index contributed by atoms with van der Waals surface area (Å²) in [4.78, 5) is 12.5. The van der Waals surface area contributed by atoms with Crippen molar-refractivity contribution in [2.24, 2.45) is 0 Å². The Kier molecular flexibility index (Phi) is 7.22. The van der Waals surface area contributed by atoms with E-state index in [9.17, 15) is 4.79 Å². The van der Waals surface area contributed by atoms with Crippen LogP contribution >= 0.6 is 11.8 Å². The second-order valence-corrected chi connectivity index (χ2v) is 8.29. The Labute approximate surface area is 197 Å². The molecular formula is C26H24N4O2S. The zero-order chi connectivity index (χ0) is 23.0. The molecule has 1 heterocycles. The summed E-state index contributed by atoms with van der Waals surface area (Å²) < 4.78 is 7.75. The highest BCUT2D eigenvalue weighted by Crippen LogP contribution is 2.26. The minimum atomic E-state index is -0.123. The maximum absolute atomic E-state index is 12.5. The number of aryl methyl sites for hydroxylation is 1. The van der Waals surface area contributed by atoms with Crippen molar-refractivity contribution in [2.75, 3.05) is 11.1 Å². The summed E-state index contributed by atoms with van der Waals surface area (Å²) in [7, 11) is 0. The van der Waals surface area contributed by atoms with E-state index in [-0.39, 0.29) is 11.7 Å². The molecule has 0 saturated heterocycles. The van der Waals surface area contributed by atoms with E-state index in [1.54, 1.807) is 6.08 Å². The summed E-state index contributed by atoms with van der Waals surface area (Å²) in [6.45, 7) is 6.44. The van der Waals surface area contributed by atoms with Crippen molar-refractivity contribution in [3.63, 3.8) is 0 Å². The molecule has 0 atom stereocenters. The Morgan fingerprint density at radius 2 is 1.79 bits per heavy atom. The molecule has 0 unspecified atom stereocenters. The van der Waals surface area contributed by atoms with Crippen molar-refractivity contribution < 1.29 is 9.53 Å². The molecule has 0 aliphatic heterocycles. The van der Waals surface area contributed by atoms with Gasteiger partial charge in [0.1, 0.15) is 11.5 Å². The van der Waals surface area contributed by atoms with Gasteiger partial charge in [-0.25, -0.2) is 0 Å². The van der Waals surface area contributed by atoms with E-state index in [0.29, 0.717) is 23.1 Å². The molecule has 6 nitrogen and oxygen atoms in total. The summed E-state index contributed by atoms with van der Waals surface area (Å²) in [6.07, 6.45) is 1.80. The number of amides is 1. The summed E-state index contributed by atoms with van der Waals surface area (Å²) >= 11 is 1.34. The molecule has 4 aromatic rings. The molecule has 1 N–H and O–H groups in total. The van der Waals surface area contributed by atoms with Crippen LogP contribution in [0.25, 0.3) is 11.4 Å². The van der Waals surface area contributed by atoms with Gasteiger partial charge in [0, 0.05) is 17.8 Å². The van der Waals surface area contributed by atoms with Crippen molar-refractivity contribution in [3.8, 4) is 22.9 Å². The van der Waals surface area contributed by atoms with Gasteiger partial charge in [0.25, 0.3) is 0 Å². The SMILES string of the molecule is C=CCn1c(SCC(=O)Nc2ccc(Oc3ccccc3)cc2)nnc1-c1cccc(C)c1. The van der Waals surface area contributed by atoms with Gasteiger partial charge in [0.2, 0.25) is 5.91 Å². The van der Waals surface area contributed by atoms with Gasteiger partial charge in [0.15, 0.2) is 11.0 Å². The van der Waals surface area contributed by atoms with E-state index in [2.05, 4.69) is 28.2 Å². The zero-order valence-corrected chi connectivity index (χ0v) is 19.1. The lowest BCUT2D eigenvalue weighted by Crippen LogP contribution is -2.14. The number of thioether (sulfide) groups is 1. The number of nitrogens with zero attached hydrogens (tertiary/aromatic N) is 3. The van der Waals surface area contributed by atoms with Crippen molar-refractivity contribution in [2.45, 2.75) is 18.6 Å². The Morgan fingerprint density at radius 3 is 2.52 bits per heavy atom. The predicted molar refractivity (Wildman–Crippen MR) is 133 cm³/mol. The Hall–Kier alpha value is -3.84. The van der Waals surface area contributed by atoms with E-state index in [0.717, 1.165) is 22.7 Å². The van der Waals surface area contributed by atoms with Crippen molar-refractivity contribution in [1.82, 2.24) is 14.8 Å². The number of para-hydroxylation sites is 1. The average Bonchev–Trinajstić information content (AvgIpc) is 3.22. The maximum atomic E-state index is 12.5. The summed E-state index contributed by atoms with van der Waals surface area (Å²) in [6, 6.07) is 24.9. The Bertz CT molecular complexity index is 1240. The molecule has 0 fully saturated rings. The Morgan fingerprint density at radius 1 is 1.03 bits per heavy atom. The number of benzene rings is 3. The second-order valence-electron chi connectivity index (χ2n) is 7.35. The first kappa shape index (κ1) is 22.4. The third-order valence-corrected chi connectivity index (χ3v) is 5.72. The van der Waals surface area contributed by atoms with E-state index in [1.165, 1.54) is 11.8 Å². The number of hydrogen-bond donors (Lipinski definition) is 1. The number of carbonyl (C=O) groups excluding carboxylic acids is 1. The molecule has 1 aromatic heterocycles. The average molecular weight is 457 g/mol. The highest BCUT2D eigenvalue weighted by Gasteiger charge is 2.15. The minimum absolute atomic E-state index is 0.123. The van der Waals surface area contributed by atoms with Crippen LogP contribution in [-0.4, -0.2) is 26.4 Å². The van der Waals surface area contributed by atoms with Gasteiger partial charge in [-0.1, -0.05) is 59.8 Å². The molecule has 0 aliphatic rings. The summed E-state index contributed by atoms with van der Waals surface area (Å²) in [5.74, 6) is 2.32. The predicted octanol–water partition coefficient (Wildman–Crippen LogP) is 5.96. The lowest BCUT2D eigenvalue weighted by atomic mass is 10.1. The van der Waals surface area contributed by atoms with Crippen molar-refractivity contribution in [3.05, 3.63) is 97.1 Å². The molecular weight excluding hydrogens is 432 g/mol. The Balaban J connectivity index is 1.37.